The molecule has 2 aliphatic rings. The van der Waals surface area contributed by atoms with Crippen LogP contribution in [0.2, 0.25) is 0 Å². The third-order valence-electron chi connectivity index (χ3n) is 3.58. The molecule has 2 saturated heterocycles. The van der Waals surface area contributed by atoms with Crippen LogP contribution in [0.15, 0.2) is 0 Å². The molecule has 0 aromatic carbocycles. The van der Waals surface area contributed by atoms with E-state index < -0.39 is 21.3 Å². The second kappa shape index (κ2) is 3.69. The van der Waals surface area contributed by atoms with Crippen molar-refractivity contribution in [2.45, 2.75) is 19.8 Å². The number of sulfonamides is 1. The average Bonchev–Trinajstić information content (AvgIpc) is 2.23. The van der Waals surface area contributed by atoms with Crippen molar-refractivity contribution in [1.29, 1.82) is 0 Å². The number of piperidine rings is 1. The first-order valence-electron chi connectivity index (χ1n) is 5.60. The van der Waals surface area contributed by atoms with Gasteiger partial charge in [-0.3, -0.25) is 9.59 Å². The Labute approximate surface area is 101 Å². The van der Waals surface area contributed by atoms with Gasteiger partial charge in [0.25, 0.3) is 0 Å². The van der Waals surface area contributed by atoms with Gasteiger partial charge in [-0.05, 0) is 13.3 Å². The minimum atomic E-state index is -3.49. The molecule has 7 heteroatoms. The zero-order chi connectivity index (χ0) is 12.8. The topological polar surface area (TPSA) is 74.8 Å². The van der Waals surface area contributed by atoms with E-state index >= 15 is 0 Å². The van der Waals surface area contributed by atoms with Crippen LogP contribution in [-0.2, 0) is 19.6 Å². The lowest BCUT2D eigenvalue weighted by Gasteiger charge is -2.51. The van der Waals surface area contributed by atoms with E-state index in [1.54, 1.807) is 4.90 Å². The number of hydrogen-bond acceptors (Lipinski definition) is 4. The monoisotopic (exact) mass is 260 g/mol. The number of amides is 2. The lowest BCUT2D eigenvalue weighted by molar-refractivity contribution is -0.168. The number of nitrogens with zero attached hydrogens (tertiary/aromatic N) is 2. The summed E-state index contributed by atoms with van der Waals surface area (Å²) in [6.45, 7) is 3.23. The lowest BCUT2D eigenvalue weighted by atomic mass is 9.71. The molecule has 0 radical (unpaired) electrons. The second-order valence-corrected chi connectivity index (χ2v) is 6.66. The van der Waals surface area contributed by atoms with Crippen molar-refractivity contribution in [2.24, 2.45) is 5.41 Å². The Bertz CT molecular complexity index is 473. The first-order valence-corrected chi connectivity index (χ1v) is 7.45. The zero-order valence-corrected chi connectivity index (χ0v) is 10.8. The van der Waals surface area contributed by atoms with Crippen LogP contribution in [-0.4, -0.2) is 55.3 Å². The van der Waals surface area contributed by atoms with Crippen molar-refractivity contribution in [3.63, 3.8) is 0 Å². The summed E-state index contributed by atoms with van der Waals surface area (Å²) in [6.07, 6.45) is 1.49. The maximum absolute atomic E-state index is 11.9. The number of rotatable bonds is 2. The van der Waals surface area contributed by atoms with Gasteiger partial charge in [0, 0.05) is 26.1 Å². The van der Waals surface area contributed by atoms with Gasteiger partial charge in [-0.25, -0.2) is 12.7 Å². The van der Waals surface area contributed by atoms with Crippen LogP contribution < -0.4 is 0 Å². The predicted octanol–water partition coefficient (Wildman–Crippen LogP) is -0.583. The molecule has 1 atom stereocenters. The van der Waals surface area contributed by atoms with Gasteiger partial charge >= 0.3 is 0 Å². The summed E-state index contributed by atoms with van der Waals surface area (Å²) in [6, 6.07) is 0. The van der Waals surface area contributed by atoms with Gasteiger partial charge in [0.05, 0.1) is 11.7 Å². The Morgan fingerprint density at radius 3 is 2.41 bits per heavy atom. The normalized spacial score (nSPS) is 29.8. The maximum Gasteiger partial charge on any atom is 0.237 e. The van der Waals surface area contributed by atoms with Crippen LogP contribution in [0.1, 0.15) is 19.8 Å². The van der Waals surface area contributed by atoms with Crippen LogP contribution >= 0.6 is 0 Å². The average molecular weight is 260 g/mol. The molecule has 2 heterocycles. The number of likely N-dealkylation sites (tertiary alicyclic amines) is 1. The van der Waals surface area contributed by atoms with Crippen LogP contribution in [0, 0.1) is 5.41 Å². The molecule has 2 aliphatic heterocycles. The molecule has 2 rings (SSSR count). The highest BCUT2D eigenvalue weighted by molar-refractivity contribution is 7.88. The van der Waals surface area contributed by atoms with Crippen LogP contribution in [0.25, 0.3) is 0 Å². The Hall–Kier alpha value is -1.11. The highest BCUT2D eigenvalue weighted by atomic mass is 32.2. The lowest BCUT2D eigenvalue weighted by Crippen LogP contribution is -2.65. The van der Waals surface area contributed by atoms with Crippen molar-refractivity contribution in [3.8, 4) is 0 Å². The molecule has 0 aliphatic carbocycles. The molecule has 17 heavy (non-hydrogen) atoms. The third kappa shape index (κ3) is 1.82. The minimum Gasteiger partial charge on any atom is -0.341 e. The molecule has 2 amide bonds. The standard InChI is InChI=1S/C10H16N2O4S/c1-3-11-7-10(9(11)14)4-5-12(8(13)6-10)17(2,15)16/h3-7H2,1-2H3. The van der Waals surface area contributed by atoms with Crippen molar-refractivity contribution >= 4 is 21.8 Å². The van der Waals surface area contributed by atoms with E-state index in [4.69, 9.17) is 0 Å². The fraction of sp³-hybridized carbons (Fsp3) is 0.800. The van der Waals surface area contributed by atoms with Gasteiger partial charge in [-0.2, -0.15) is 0 Å². The largest absolute Gasteiger partial charge is 0.341 e. The molecule has 0 aromatic rings. The number of carbonyl (C=O) groups excluding carboxylic acids is 2. The molecular weight excluding hydrogens is 244 g/mol. The van der Waals surface area contributed by atoms with Gasteiger partial charge in [0.15, 0.2) is 0 Å². The van der Waals surface area contributed by atoms with Crippen LogP contribution in [0.5, 0.6) is 0 Å². The Balaban J connectivity index is 2.12. The Morgan fingerprint density at radius 2 is 2.00 bits per heavy atom. The molecule has 1 spiro atoms. The van der Waals surface area contributed by atoms with Gasteiger partial charge < -0.3 is 4.90 Å². The van der Waals surface area contributed by atoms with E-state index in [0.29, 0.717) is 19.5 Å². The van der Waals surface area contributed by atoms with Crippen molar-refractivity contribution < 1.29 is 18.0 Å². The van der Waals surface area contributed by atoms with E-state index in [1.807, 2.05) is 6.92 Å². The summed E-state index contributed by atoms with van der Waals surface area (Å²) >= 11 is 0. The molecule has 6 nitrogen and oxygen atoms in total. The SMILES string of the molecule is CCN1CC2(CCN(S(C)(=O)=O)C(=O)C2)C1=O. The summed E-state index contributed by atoms with van der Waals surface area (Å²) in [5, 5.41) is 0. The quantitative estimate of drug-likeness (QED) is 0.622. The highest BCUT2D eigenvalue weighted by Crippen LogP contribution is 2.42. The van der Waals surface area contributed by atoms with Gasteiger partial charge in [0.1, 0.15) is 0 Å². The van der Waals surface area contributed by atoms with E-state index in [1.165, 1.54) is 0 Å². The fourth-order valence-corrected chi connectivity index (χ4v) is 3.44. The van der Waals surface area contributed by atoms with E-state index in [2.05, 4.69) is 0 Å². The van der Waals surface area contributed by atoms with Gasteiger partial charge in [0.2, 0.25) is 21.8 Å². The fourth-order valence-electron chi connectivity index (χ4n) is 2.58. The summed E-state index contributed by atoms with van der Waals surface area (Å²) in [5.41, 5.74) is -0.617. The smallest absolute Gasteiger partial charge is 0.237 e. The summed E-state index contributed by atoms with van der Waals surface area (Å²) in [5.74, 6) is -0.468. The summed E-state index contributed by atoms with van der Waals surface area (Å²) in [4.78, 5) is 25.3. The molecule has 0 N–H and O–H groups in total. The summed E-state index contributed by atoms with van der Waals surface area (Å²) < 4.78 is 23.5. The first-order chi connectivity index (χ1) is 7.80. The highest BCUT2D eigenvalue weighted by Gasteiger charge is 2.55. The molecular formula is C10H16N2O4S. The van der Waals surface area contributed by atoms with E-state index in [0.717, 1.165) is 10.6 Å². The molecule has 0 aromatic heterocycles. The third-order valence-corrected chi connectivity index (χ3v) is 4.76. The molecule has 0 bridgehead atoms. The Kier molecular flexibility index (Phi) is 2.68. The Morgan fingerprint density at radius 1 is 1.35 bits per heavy atom. The zero-order valence-electron chi connectivity index (χ0n) is 9.97. The first kappa shape index (κ1) is 12.3. The van der Waals surface area contributed by atoms with Crippen LogP contribution in [0.4, 0.5) is 0 Å². The van der Waals surface area contributed by atoms with Gasteiger partial charge in [-0.1, -0.05) is 0 Å². The number of β-lactam (4-membered cyclic amide) rings is 1. The number of hydrogen-bond donors (Lipinski definition) is 0. The van der Waals surface area contributed by atoms with Crippen LogP contribution in [0.3, 0.4) is 0 Å². The molecule has 0 saturated carbocycles. The van der Waals surface area contributed by atoms with Gasteiger partial charge in [-0.15, -0.1) is 0 Å². The molecule has 2 fully saturated rings. The maximum atomic E-state index is 11.9. The van der Waals surface area contributed by atoms with Crippen molar-refractivity contribution in [3.05, 3.63) is 0 Å². The minimum absolute atomic E-state index is 0.0125. The number of carbonyl (C=O) groups is 2. The van der Waals surface area contributed by atoms with Crippen molar-refractivity contribution in [1.82, 2.24) is 9.21 Å². The predicted molar refractivity (Wildman–Crippen MR) is 60.5 cm³/mol. The molecule has 96 valence electrons. The second-order valence-electron chi connectivity index (χ2n) is 4.76. The van der Waals surface area contributed by atoms with E-state index in [-0.39, 0.29) is 18.9 Å². The van der Waals surface area contributed by atoms with Crippen molar-refractivity contribution in [2.75, 3.05) is 25.9 Å². The summed E-state index contributed by atoms with van der Waals surface area (Å²) in [7, 11) is -3.49. The molecule has 1 unspecified atom stereocenters. The van der Waals surface area contributed by atoms with E-state index in [9.17, 15) is 18.0 Å².